The summed E-state index contributed by atoms with van der Waals surface area (Å²) < 4.78 is 0. The van der Waals surface area contributed by atoms with E-state index in [0.29, 0.717) is 17.9 Å². The van der Waals surface area contributed by atoms with E-state index in [0.717, 1.165) is 0 Å². The van der Waals surface area contributed by atoms with E-state index < -0.39 is 10.8 Å². The lowest BCUT2D eigenvalue weighted by Gasteiger charge is -2.24. The molecule has 1 rings (SSSR count). The highest BCUT2D eigenvalue weighted by atomic mass is 35.5. The molecule has 0 fully saturated rings. The molecule has 1 unspecified atom stereocenters. The third-order valence-corrected chi connectivity index (χ3v) is 2.65. The Morgan fingerprint density at radius 3 is 2.36 bits per heavy atom. The van der Waals surface area contributed by atoms with Crippen LogP contribution in [0, 0.1) is 0 Å². The zero-order valence-electron chi connectivity index (χ0n) is 7.54. The van der Waals surface area contributed by atoms with Crippen molar-refractivity contribution >= 4 is 28.4 Å². The second-order valence-electron chi connectivity index (χ2n) is 3.05. The van der Waals surface area contributed by atoms with Crippen LogP contribution >= 0.6 is 23.2 Å². The Hall–Kier alpha value is -0.570. The summed E-state index contributed by atoms with van der Waals surface area (Å²) in [7, 11) is 0. The van der Waals surface area contributed by atoms with Crippen LogP contribution in [-0.2, 0) is 10.3 Å². The number of carbonyl (C=O) groups is 1. The van der Waals surface area contributed by atoms with Crippen molar-refractivity contribution in [3.8, 4) is 0 Å². The molecule has 4 heteroatoms. The molecule has 0 radical (unpaired) electrons. The quantitative estimate of drug-likeness (QED) is 0.639. The first-order valence-corrected chi connectivity index (χ1v) is 5.13. The summed E-state index contributed by atoms with van der Waals surface area (Å²) in [5, 5.41) is -0.579. The highest BCUT2D eigenvalue weighted by molar-refractivity contribution is 6.65. The maximum Gasteiger partial charge on any atom is 0.246 e. The van der Waals surface area contributed by atoms with Crippen LogP contribution in [0.15, 0.2) is 30.3 Å². The topological polar surface area (TPSA) is 43.1 Å². The molecule has 0 spiro atoms. The molecule has 1 aromatic carbocycles. The Labute approximate surface area is 93.0 Å². The fraction of sp³-hybridized carbons (Fsp3) is 0.300. The molecule has 0 aliphatic carbocycles. The van der Waals surface area contributed by atoms with E-state index in [1.165, 1.54) is 0 Å². The summed E-state index contributed by atoms with van der Waals surface area (Å²) in [6.07, 6.45) is 0.334. The van der Waals surface area contributed by atoms with Gasteiger partial charge in [-0.15, -0.1) is 11.6 Å². The summed E-state index contributed by atoms with van der Waals surface area (Å²) >= 11 is 11.1. The molecular weight excluding hydrogens is 221 g/mol. The van der Waals surface area contributed by atoms with Crippen molar-refractivity contribution in [1.29, 1.82) is 0 Å². The van der Waals surface area contributed by atoms with E-state index in [9.17, 15) is 4.79 Å². The van der Waals surface area contributed by atoms with Crippen LogP contribution in [0.25, 0.3) is 0 Å². The van der Waals surface area contributed by atoms with Crippen LogP contribution in [0.1, 0.15) is 12.0 Å². The van der Waals surface area contributed by atoms with Gasteiger partial charge in [-0.1, -0.05) is 30.3 Å². The summed E-state index contributed by atoms with van der Waals surface area (Å²) in [6, 6.07) is 9.01. The lowest BCUT2D eigenvalue weighted by atomic mass is 9.90. The van der Waals surface area contributed by atoms with Crippen LogP contribution in [0.3, 0.4) is 0 Å². The van der Waals surface area contributed by atoms with E-state index >= 15 is 0 Å². The average molecular weight is 232 g/mol. The zero-order chi connectivity index (χ0) is 10.6. The Morgan fingerprint density at radius 2 is 1.93 bits per heavy atom. The molecule has 1 aromatic rings. The minimum Gasteiger partial charge on any atom is -0.314 e. The first kappa shape index (κ1) is 11.5. The predicted molar refractivity (Wildman–Crippen MR) is 58.5 cm³/mol. The lowest BCUT2D eigenvalue weighted by Crippen LogP contribution is -2.42. The van der Waals surface area contributed by atoms with Gasteiger partial charge in [0.2, 0.25) is 5.24 Å². The first-order valence-electron chi connectivity index (χ1n) is 4.21. The molecule has 0 saturated heterocycles. The van der Waals surface area contributed by atoms with Crippen LogP contribution in [0.2, 0.25) is 0 Å². The van der Waals surface area contributed by atoms with Crippen LogP contribution in [0.5, 0.6) is 0 Å². The van der Waals surface area contributed by atoms with Crippen molar-refractivity contribution in [2.45, 2.75) is 12.0 Å². The number of hydrogen-bond acceptors (Lipinski definition) is 2. The molecule has 0 heterocycles. The smallest absolute Gasteiger partial charge is 0.246 e. The van der Waals surface area contributed by atoms with Gasteiger partial charge in [-0.05, 0) is 23.6 Å². The molecule has 0 aliphatic heterocycles. The molecule has 0 saturated carbocycles. The Balaban J connectivity index is 3.06. The van der Waals surface area contributed by atoms with Gasteiger partial charge in [-0.3, -0.25) is 4.79 Å². The molecule has 1 atom stereocenters. The summed E-state index contributed by atoms with van der Waals surface area (Å²) in [5.41, 5.74) is 5.44. The number of nitrogens with two attached hydrogens (primary N) is 1. The fourth-order valence-corrected chi connectivity index (χ4v) is 1.74. The van der Waals surface area contributed by atoms with Crippen molar-refractivity contribution in [3.05, 3.63) is 35.9 Å². The Bertz CT molecular complexity index is 315. The second kappa shape index (κ2) is 4.78. The number of rotatable bonds is 4. The fourth-order valence-electron chi connectivity index (χ4n) is 1.24. The highest BCUT2D eigenvalue weighted by Gasteiger charge is 2.33. The van der Waals surface area contributed by atoms with Gasteiger partial charge in [0.1, 0.15) is 5.54 Å². The molecule has 2 nitrogen and oxygen atoms in total. The van der Waals surface area contributed by atoms with Gasteiger partial charge in [0.05, 0.1) is 0 Å². The Morgan fingerprint density at radius 1 is 1.36 bits per heavy atom. The maximum atomic E-state index is 11.2. The maximum absolute atomic E-state index is 11.2. The third kappa shape index (κ3) is 2.27. The molecule has 2 N–H and O–H groups in total. The van der Waals surface area contributed by atoms with Crippen molar-refractivity contribution in [1.82, 2.24) is 0 Å². The van der Waals surface area contributed by atoms with Crippen molar-refractivity contribution in [3.63, 3.8) is 0 Å². The monoisotopic (exact) mass is 231 g/mol. The molecule has 0 aliphatic rings. The van der Waals surface area contributed by atoms with Gasteiger partial charge in [-0.2, -0.15) is 0 Å². The first-order chi connectivity index (χ1) is 6.61. The molecular formula is C10H11Cl2NO. The van der Waals surface area contributed by atoms with Gasteiger partial charge < -0.3 is 5.73 Å². The standard InChI is InChI=1S/C10H11Cl2NO/c11-7-6-10(13,9(12)14)8-4-2-1-3-5-8/h1-5H,6-7,13H2. The van der Waals surface area contributed by atoms with Gasteiger partial charge in [0, 0.05) is 5.88 Å². The van der Waals surface area contributed by atoms with Gasteiger partial charge >= 0.3 is 0 Å². The SMILES string of the molecule is NC(CCCl)(C(=O)Cl)c1ccccc1. The third-order valence-electron chi connectivity index (χ3n) is 2.13. The van der Waals surface area contributed by atoms with E-state index in [-0.39, 0.29) is 0 Å². The number of carbonyl (C=O) groups excluding carboxylic acids is 1. The molecule has 14 heavy (non-hydrogen) atoms. The van der Waals surface area contributed by atoms with Gasteiger partial charge in [0.15, 0.2) is 0 Å². The number of halogens is 2. The highest BCUT2D eigenvalue weighted by Crippen LogP contribution is 2.25. The molecule has 0 aromatic heterocycles. The van der Waals surface area contributed by atoms with Crippen molar-refractivity contribution in [2.75, 3.05) is 5.88 Å². The Kier molecular flexibility index (Phi) is 3.93. The normalized spacial score (nSPS) is 14.8. The van der Waals surface area contributed by atoms with E-state index in [1.54, 1.807) is 12.1 Å². The summed E-state index contributed by atoms with van der Waals surface area (Å²) in [6.45, 7) is 0. The number of hydrogen-bond donors (Lipinski definition) is 1. The number of alkyl halides is 1. The average Bonchev–Trinajstić information content (AvgIpc) is 2.19. The molecule has 76 valence electrons. The van der Waals surface area contributed by atoms with Gasteiger partial charge in [0.25, 0.3) is 0 Å². The van der Waals surface area contributed by atoms with Gasteiger partial charge in [-0.25, -0.2) is 0 Å². The minimum absolute atomic E-state index is 0.295. The van der Waals surface area contributed by atoms with Crippen LogP contribution in [0.4, 0.5) is 0 Å². The largest absolute Gasteiger partial charge is 0.314 e. The molecule has 0 bridgehead atoms. The number of benzene rings is 1. The van der Waals surface area contributed by atoms with Crippen LogP contribution in [-0.4, -0.2) is 11.1 Å². The summed E-state index contributed by atoms with van der Waals surface area (Å²) in [4.78, 5) is 11.2. The van der Waals surface area contributed by atoms with Crippen molar-refractivity contribution in [2.24, 2.45) is 5.73 Å². The van der Waals surface area contributed by atoms with E-state index in [4.69, 9.17) is 28.9 Å². The zero-order valence-corrected chi connectivity index (χ0v) is 9.05. The van der Waals surface area contributed by atoms with Crippen LogP contribution < -0.4 is 5.73 Å². The van der Waals surface area contributed by atoms with E-state index in [2.05, 4.69) is 0 Å². The lowest BCUT2D eigenvalue weighted by molar-refractivity contribution is -0.116. The summed E-state index contributed by atoms with van der Waals surface area (Å²) in [5.74, 6) is 0.295. The molecule has 0 amide bonds. The van der Waals surface area contributed by atoms with Crippen molar-refractivity contribution < 1.29 is 4.79 Å². The second-order valence-corrected chi connectivity index (χ2v) is 3.77. The minimum atomic E-state index is -1.16. The van der Waals surface area contributed by atoms with E-state index in [1.807, 2.05) is 18.2 Å². The predicted octanol–water partition coefficient (Wildman–Crippen LogP) is 2.23.